The van der Waals surface area contributed by atoms with Gasteiger partial charge >= 0.3 is 0 Å². The molecular weight excluding hydrogens is 260 g/mol. The highest BCUT2D eigenvalue weighted by Crippen LogP contribution is 2.24. The highest BCUT2D eigenvalue weighted by atomic mass is 35.5. The summed E-state index contributed by atoms with van der Waals surface area (Å²) < 4.78 is 9.10. The van der Waals surface area contributed by atoms with E-state index < -0.39 is 0 Å². The van der Waals surface area contributed by atoms with Crippen LogP contribution in [0, 0.1) is 0 Å². The van der Waals surface area contributed by atoms with E-state index in [-0.39, 0.29) is 11.5 Å². The van der Waals surface area contributed by atoms with Crippen LogP contribution in [-0.2, 0) is 0 Å². The molecule has 0 amide bonds. The Morgan fingerprint density at radius 1 is 1.35 bits per heavy atom. The average molecular weight is 265 g/mol. The summed E-state index contributed by atoms with van der Waals surface area (Å²) in [6.45, 7) is 0. The fourth-order valence-electron chi connectivity index (χ4n) is 1.51. The van der Waals surface area contributed by atoms with Gasteiger partial charge in [-0.25, -0.2) is 0 Å². The number of hydrogen-bond donors (Lipinski definition) is 0. The van der Waals surface area contributed by atoms with E-state index >= 15 is 0 Å². The van der Waals surface area contributed by atoms with Gasteiger partial charge in [-0.1, -0.05) is 16.1 Å². The fraction of sp³-hybridized carbons (Fsp3) is 0. The number of carbonyl (C=O) groups excluding carboxylic acids is 1. The van der Waals surface area contributed by atoms with Crippen molar-refractivity contribution in [3.8, 4) is 0 Å². The zero-order valence-corrected chi connectivity index (χ0v) is 9.96. The standard InChI is InChI=1S/C11H5ClN2O2S/c12-7-1-2-8-6(3-7)4-9(16-8)11(15)10-5-13-14-17-10/h1-5H. The molecule has 0 N–H and O–H groups in total. The molecule has 0 radical (unpaired) electrons. The summed E-state index contributed by atoms with van der Waals surface area (Å²) in [6, 6.07) is 6.88. The van der Waals surface area contributed by atoms with Crippen molar-refractivity contribution in [3.05, 3.63) is 46.1 Å². The van der Waals surface area contributed by atoms with E-state index in [0.29, 0.717) is 15.5 Å². The number of nitrogens with zero attached hydrogens (tertiary/aromatic N) is 2. The van der Waals surface area contributed by atoms with Gasteiger partial charge in [-0.05, 0) is 35.8 Å². The summed E-state index contributed by atoms with van der Waals surface area (Å²) in [5.41, 5.74) is 0.634. The van der Waals surface area contributed by atoms with Gasteiger partial charge in [0.15, 0.2) is 5.76 Å². The molecule has 0 saturated heterocycles. The maximum Gasteiger partial charge on any atom is 0.241 e. The lowest BCUT2D eigenvalue weighted by atomic mass is 10.2. The van der Waals surface area contributed by atoms with Crippen molar-refractivity contribution in [3.63, 3.8) is 0 Å². The van der Waals surface area contributed by atoms with Crippen molar-refractivity contribution < 1.29 is 9.21 Å². The first-order valence-electron chi connectivity index (χ1n) is 4.75. The van der Waals surface area contributed by atoms with Gasteiger partial charge < -0.3 is 4.42 Å². The SMILES string of the molecule is O=C(c1cc2cc(Cl)ccc2o1)c1cnns1. The second-order valence-corrected chi connectivity index (χ2v) is 4.63. The minimum Gasteiger partial charge on any atom is -0.453 e. The minimum absolute atomic E-state index is 0.215. The molecule has 0 spiro atoms. The zero-order valence-electron chi connectivity index (χ0n) is 8.38. The van der Waals surface area contributed by atoms with Crippen LogP contribution in [0.1, 0.15) is 15.4 Å². The lowest BCUT2D eigenvalue weighted by Crippen LogP contribution is -1.95. The van der Waals surface area contributed by atoms with Crippen LogP contribution in [-0.4, -0.2) is 15.4 Å². The number of ketones is 1. The number of furan rings is 1. The van der Waals surface area contributed by atoms with Crippen molar-refractivity contribution in [2.75, 3.05) is 0 Å². The Balaban J connectivity index is 2.09. The summed E-state index contributed by atoms with van der Waals surface area (Å²) in [4.78, 5) is 12.4. The van der Waals surface area contributed by atoms with E-state index in [4.69, 9.17) is 16.0 Å². The second-order valence-electron chi connectivity index (χ2n) is 3.40. The van der Waals surface area contributed by atoms with Crippen molar-refractivity contribution >= 4 is 39.9 Å². The van der Waals surface area contributed by atoms with Gasteiger partial charge in [0.1, 0.15) is 10.5 Å². The highest BCUT2D eigenvalue weighted by Gasteiger charge is 2.16. The quantitative estimate of drug-likeness (QED) is 0.667. The molecule has 0 fully saturated rings. The number of halogens is 1. The maximum atomic E-state index is 12.0. The minimum atomic E-state index is -0.215. The number of hydrogen-bond acceptors (Lipinski definition) is 5. The first-order chi connectivity index (χ1) is 8.24. The van der Waals surface area contributed by atoms with Gasteiger partial charge in [0.25, 0.3) is 0 Å². The van der Waals surface area contributed by atoms with Gasteiger partial charge in [-0.3, -0.25) is 4.79 Å². The Kier molecular flexibility index (Phi) is 2.42. The van der Waals surface area contributed by atoms with Crippen LogP contribution in [0.2, 0.25) is 5.02 Å². The molecule has 4 nitrogen and oxygen atoms in total. The van der Waals surface area contributed by atoms with Crippen LogP contribution < -0.4 is 0 Å². The summed E-state index contributed by atoms with van der Waals surface area (Å²) in [7, 11) is 0. The molecule has 2 aromatic heterocycles. The van der Waals surface area contributed by atoms with E-state index in [9.17, 15) is 4.79 Å². The molecule has 6 heteroatoms. The molecule has 0 aliphatic carbocycles. The Labute approximate surface area is 105 Å². The third kappa shape index (κ3) is 1.83. The van der Waals surface area contributed by atoms with Crippen LogP contribution >= 0.6 is 23.1 Å². The highest BCUT2D eigenvalue weighted by molar-refractivity contribution is 7.08. The van der Waals surface area contributed by atoms with E-state index in [0.717, 1.165) is 16.9 Å². The molecule has 0 atom stereocenters. The Hall–Kier alpha value is -1.72. The van der Waals surface area contributed by atoms with Gasteiger partial charge in [-0.2, -0.15) is 0 Å². The lowest BCUT2D eigenvalue weighted by Gasteiger charge is -1.89. The summed E-state index contributed by atoms with van der Waals surface area (Å²) in [5.74, 6) is 0.0561. The van der Waals surface area contributed by atoms with Crippen LogP contribution in [0.5, 0.6) is 0 Å². The number of carbonyl (C=O) groups is 1. The van der Waals surface area contributed by atoms with Crippen molar-refractivity contribution in [2.24, 2.45) is 0 Å². The first kappa shape index (κ1) is 10.4. The smallest absolute Gasteiger partial charge is 0.241 e. The predicted octanol–water partition coefficient (Wildman–Crippen LogP) is 3.17. The van der Waals surface area contributed by atoms with Crippen LogP contribution in [0.3, 0.4) is 0 Å². The number of rotatable bonds is 2. The first-order valence-corrected chi connectivity index (χ1v) is 5.90. The largest absolute Gasteiger partial charge is 0.453 e. The molecule has 0 aliphatic rings. The normalized spacial score (nSPS) is 10.9. The predicted molar refractivity (Wildman–Crippen MR) is 64.6 cm³/mol. The van der Waals surface area contributed by atoms with Crippen molar-refractivity contribution in [2.45, 2.75) is 0 Å². The molecule has 0 aliphatic heterocycles. The number of benzene rings is 1. The van der Waals surface area contributed by atoms with Crippen LogP contribution in [0.4, 0.5) is 0 Å². The van der Waals surface area contributed by atoms with Crippen LogP contribution in [0.15, 0.2) is 34.9 Å². The van der Waals surface area contributed by atoms with E-state index in [2.05, 4.69) is 9.59 Å². The molecule has 0 unspecified atom stereocenters. The average Bonchev–Trinajstić information content (AvgIpc) is 2.96. The van der Waals surface area contributed by atoms with Gasteiger partial charge in [-0.15, -0.1) is 5.10 Å². The Bertz CT molecular complexity index is 691. The monoisotopic (exact) mass is 264 g/mol. The Morgan fingerprint density at radius 2 is 2.24 bits per heavy atom. The van der Waals surface area contributed by atoms with Gasteiger partial charge in [0, 0.05) is 10.4 Å². The fourth-order valence-corrected chi connectivity index (χ4v) is 2.16. The Morgan fingerprint density at radius 3 is 3.00 bits per heavy atom. The van der Waals surface area contributed by atoms with Crippen molar-refractivity contribution in [1.82, 2.24) is 9.59 Å². The summed E-state index contributed by atoms with van der Waals surface area (Å²) >= 11 is 6.90. The number of aromatic nitrogens is 2. The van der Waals surface area contributed by atoms with E-state index in [1.165, 1.54) is 6.20 Å². The summed E-state index contributed by atoms with van der Waals surface area (Å²) in [6.07, 6.45) is 1.42. The molecule has 1 aromatic carbocycles. The third-order valence-corrected chi connectivity index (χ3v) is 3.19. The maximum absolute atomic E-state index is 12.0. The van der Waals surface area contributed by atoms with Gasteiger partial charge in [0.05, 0.1) is 6.20 Å². The molecule has 2 heterocycles. The second kappa shape index (κ2) is 3.94. The molecule has 0 bridgehead atoms. The zero-order chi connectivity index (χ0) is 11.8. The molecule has 3 aromatic rings. The lowest BCUT2D eigenvalue weighted by molar-refractivity contribution is 0.101. The molecular formula is C11H5ClN2O2S. The van der Waals surface area contributed by atoms with E-state index in [1.807, 2.05) is 0 Å². The topological polar surface area (TPSA) is 56.0 Å². The molecule has 3 rings (SSSR count). The van der Waals surface area contributed by atoms with Crippen molar-refractivity contribution in [1.29, 1.82) is 0 Å². The summed E-state index contributed by atoms with van der Waals surface area (Å²) in [5, 5.41) is 5.03. The third-order valence-electron chi connectivity index (χ3n) is 2.29. The van der Waals surface area contributed by atoms with Gasteiger partial charge in [0.2, 0.25) is 5.78 Å². The molecule has 84 valence electrons. The van der Waals surface area contributed by atoms with E-state index in [1.54, 1.807) is 24.3 Å². The number of fused-ring (bicyclic) bond motifs is 1. The molecule has 0 saturated carbocycles. The van der Waals surface area contributed by atoms with Crippen LogP contribution in [0.25, 0.3) is 11.0 Å². The molecule has 17 heavy (non-hydrogen) atoms.